The Labute approximate surface area is 141 Å². The van der Waals surface area contributed by atoms with Crippen molar-refractivity contribution in [2.45, 2.75) is 32.2 Å². The maximum Gasteiger partial charge on any atom is 0.222 e. The van der Waals surface area contributed by atoms with Crippen LogP contribution in [0.15, 0.2) is 23.5 Å². The molecule has 1 aliphatic rings. The molecule has 0 saturated carbocycles. The standard InChI is InChI=1S/C16H22N6O2/c1-12-11-21(15-6-5-13(9-17)10-19-15)7-8-22(12)16(23)4-2-3-14(18)20-24/h5-6,10,12,24H,2-4,7-8,11H2,1H3,(H2,18,20). The van der Waals surface area contributed by atoms with Crippen molar-refractivity contribution in [2.24, 2.45) is 10.9 Å². The van der Waals surface area contributed by atoms with E-state index in [0.29, 0.717) is 44.5 Å². The largest absolute Gasteiger partial charge is 0.409 e. The Morgan fingerprint density at radius 1 is 1.50 bits per heavy atom. The maximum absolute atomic E-state index is 12.3. The van der Waals surface area contributed by atoms with E-state index in [1.807, 2.05) is 17.9 Å². The SMILES string of the molecule is CC1CN(c2ccc(C#N)cn2)CCN1C(=O)CCC/C(N)=N/O. The van der Waals surface area contributed by atoms with Crippen LogP contribution in [0.3, 0.4) is 0 Å². The van der Waals surface area contributed by atoms with E-state index in [9.17, 15) is 4.79 Å². The van der Waals surface area contributed by atoms with Gasteiger partial charge in [0.15, 0.2) is 0 Å². The highest BCUT2D eigenvalue weighted by Gasteiger charge is 2.27. The van der Waals surface area contributed by atoms with Gasteiger partial charge in [0.05, 0.1) is 5.56 Å². The molecule has 2 rings (SSSR count). The van der Waals surface area contributed by atoms with E-state index in [4.69, 9.17) is 16.2 Å². The van der Waals surface area contributed by atoms with Crippen LogP contribution in [-0.2, 0) is 4.79 Å². The van der Waals surface area contributed by atoms with E-state index in [-0.39, 0.29) is 17.8 Å². The van der Waals surface area contributed by atoms with Gasteiger partial charge < -0.3 is 20.7 Å². The number of anilines is 1. The van der Waals surface area contributed by atoms with E-state index in [1.165, 1.54) is 0 Å². The number of carbonyl (C=O) groups is 1. The average Bonchev–Trinajstić information content (AvgIpc) is 2.61. The van der Waals surface area contributed by atoms with Gasteiger partial charge in [-0.25, -0.2) is 4.98 Å². The minimum Gasteiger partial charge on any atom is -0.409 e. The van der Waals surface area contributed by atoms with Gasteiger partial charge in [-0.3, -0.25) is 4.79 Å². The van der Waals surface area contributed by atoms with Crippen LogP contribution < -0.4 is 10.6 Å². The first-order chi connectivity index (χ1) is 11.5. The number of nitriles is 1. The van der Waals surface area contributed by atoms with Crippen LogP contribution in [-0.4, -0.2) is 52.5 Å². The van der Waals surface area contributed by atoms with Gasteiger partial charge in [-0.2, -0.15) is 5.26 Å². The smallest absolute Gasteiger partial charge is 0.222 e. The van der Waals surface area contributed by atoms with Gasteiger partial charge in [-0.15, -0.1) is 0 Å². The Morgan fingerprint density at radius 3 is 2.88 bits per heavy atom. The van der Waals surface area contributed by atoms with Crippen molar-refractivity contribution in [3.63, 3.8) is 0 Å². The molecule has 1 aliphatic heterocycles. The van der Waals surface area contributed by atoms with Crippen LogP contribution in [0.1, 0.15) is 31.7 Å². The number of piperazine rings is 1. The summed E-state index contributed by atoms with van der Waals surface area (Å²) in [4.78, 5) is 20.6. The fraction of sp³-hybridized carbons (Fsp3) is 0.500. The van der Waals surface area contributed by atoms with Crippen LogP contribution in [0, 0.1) is 11.3 Å². The molecule has 0 radical (unpaired) electrons. The summed E-state index contributed by atoms with van der Waals surface area (Å²) >= 11 is 0. The summed E-state index contributed by atoms with van der Waals surface area (Å²) in [6.07, 6.45) is 2.92. The second-order valence-corrected chi connectivity index (χ2v) is 5.84. The number of aromatic nitrogens is 1. The molecule has 0 bridgehead atoms. The van der Waals surface area contributed by atoms with Gasteiger partial charge in [0.2, 0.25) is 5.91 Å². The second-order valence-electron chi connectivity index (χ2n) is 5.84. The van der Waals surface area contributed by atoms with Crippen LogP contribution in [0.4, 0.5) is 5.82 Å². The molecule has 0 aromatic carbocycles. The third-order valence-corrected chi connectivity index (χ3v) is 4.10. The fourth-order valence-corrected chi connectivity index (χ4v) is 2.79. The molecule has 1 aromatic rings. The molecule has 24 heavy (non-hydrogen) atoms. The number of oxime groups is 1. The van der Waals surface area contributed by atoms with E-state index >= 15 is 0 Å². The zero-order valence-corrected chi connectivity index (χ0v) is 13.7. The number of hydrogen-bond donors (Lipinski definition) is 2. The van der Waals surface area contributed by atoms with Crippen molar-refractivity contribution in [1.29, 1.82) is 5.26 Å². The number of amidine groups is 1. The molecule has 128 valence electrons. The molecule has 1 atom stereocenters. The van der Waals surface area contributed by atoms with Crippen molar-refractivity contribution in [3.8, 4) is 6.07 Å². The van der Waals surface area contributed by atoms with Crippen molar-refractivity contribution in [1.82, 2.24) is 9.88 Å². The van der Waals surface area contributed by atoms with Crippen LogP contribution in [0.2, 0.25) is 0 Å². The Hall–Kier alpha value is -2.82. The summed E-state index contributed by atoms with van der Waals surface area (Å²) in [5.74, 6) is 1.05. The predicted molar refractivity (Wildman–Crippen MR) is 89.6 cm³/mol. The first kappa shape index (κ1) is 17.5. The first-order valence-corrected chi connectivity index (χ1v) is 7.92. The van der Waals surface area contributed by atoms with Gasteiger partial charge in [-0.05, 0) is 25.5 Å². The second kappa shape index (κ2) is 8.15. The molecule has 2 heterocycles. The van der Waals surface area contributed by atoms with E-state index in [2.05, 4.69) is 21.1 Å². The molecular formula is C16H22N6O2. The third-order valence-electron chi connectivity index (χ3n) is 4.10. The van der Waals surface area contributed by atoms with E-state index in [1.54, 1.807) is 12.3 Å². The Balaban J connectivity index is 1.87. The van der Waals surface area contributed by atoms with Gasteiger partial charge in [0, 0.05) is 44.7 Å². The molecule has 1 aromatic heterocycles. The summed E-state index contributed by atoms with van der Waals surface area (Å²) < 4.78 is 0. The highest BCUT2D eigenvalue weighted by atomic mass is 16.4. The molecule has 0 aliphatic carbocycles. The quantitative estimate of drug-likeness (QED) is 0.358. The Bertz CT molecular complexity index is 637. The number of amides is 1. The highest BCUT2D eigenvalue weighted by molar-refractivity contribution is 5.81. The molecule has 1 fully saturated rings. The lowest BCUT2D eigenvalue weighted by atomic mass is 10.1. The zero-order valence-electron chi connectivity index (χ0n) is 13.7. The summed E-state index contributed by atoms with van der Waals surface area (Å²) in [7, 11) is 0. The molecule has 8 heteroatoms. The summed E-state index contributed by atoms with van der Waals surface area (Å²) in [5, 5.41) is 20.2. The molecule has 1 saturated heterocycles. The fourth-order valence-electron chi connectivity index (χ4n) is 2.79. The molecular weight excluding hydrogens is 308 g/mol. The molecule has 8 nitrogen and oxygen atoms in total. The molecule has 1 unspecified atom stereocenters. The van der Waals surface area contributed by atoms with E-state index < -0.39 is 0 Å². The number of pyridine rings is 1. The van der Waals surface area contributed by atoms with Crippen molar-refractivity contribution >= 4 is 17.6 Å². The number of rotatable bonds is 5. The third kappa shape index (κ3) is 4.35. The van der Waals surface area contributed by atoms with Crippen LogP contribution in [0.25, 0.3) is 0 Å². The van der Waals surface area contributed by atoms with Gasteiger partial charge in [0.25, 0.3) is 0 Å². The highest BCUT2D eigenvalue weighted by Crippen LogP contribution is 2.18. The van der Waals surface area contributed by atoms with Crippen LogP contribution >= 0.6 is 0 Å². The van der Waals surface area contributed by atoms with Crippen molar-refractivity contribution < 1.29 is 10.0 Å². The predicted octanol–water partition coefficient (Wildman–Crippen LogP) is 0.907. The molecule has 1 amide bonds. The normalized spacial score (nSPS) is 18.3. The van der Waals surface area contributed by atoms with Gasteiger partial charge in [-0.1, -0.05) is 5.16 Å². The van der Waals surface area contributed by atoms with Gasteiger partial charge >= 0.3 is 0 Å². The lowest BCUT2D eigenvalue weighted by molar-refractivity contribution is -0.133. The minimum absolute atomic E-state index is 0.0764. The minimum atomic E-state index is 0.0764. The Kier molecular flexibility index (Phi) is 5.95. The van der Waals surface area contributed by atoms with E-state index in [0.717, 1.165) is 5.82 Å². The average molecular weight is 330 g/mol. The first-order valence-electron chi connectivity index (χ1n) is 7.92. The number of carbonyl (C=O) groups excluding carboxylic acids is 1. The molecule has 3 N–H and O–H groups in total. The summed E-state index contributed by atoms with van der Waals surface area (Å²) in [6, 6.07) is 5.71. The number of hydrogen-bond acceptors (Lipinski definition) is 6. The van der Waals surface area contributed by atoms with Gasteiger partial charge in [0.1, 0.15) is 17.7 Å². The summed E-state index contributed by atoms with van der Waals surface area (Å²) in [5.41, 5.74) is 5.94. The monoisotopic (exact) mass is 330 g/mol. The van der Waals surface area contributed by atoms with Crippen molar-refractivity contribution in [2.75, 3.05) is 24.5 Å². The van der Waals surface area contributed by atoms with Crippen molar-refractivity contribution in [3.05, 3.63) is 23.9 Å². The maximum atomic E-state index is 12.3. The zero-order chi connectivity index (χ0) is 17.5. The van der Waals surface area contributed by atoms with Crippen LogP contribution in [0.5, 0.6) is 0 Å². The summed E-state index contributed by atoms with van der Waals surface area (Å²) in [6.45, 7) is 4.04. The molecule has 0 spiro atoms. The lowest BCUT2D eigenvalue weighted by Gasteiger charge is -2.40. The number of nitrogens with zero attached hydrogens (tertiary/aromatic N) is 5. The number of nitrogens with two attached hydrogens (primary N) is 1. The lowest BCUT2D eigenvalue weighted by Crippen LogP contribution is -2.54. The Morgan fingerprint density at radius 2 is 2.29 bits per heavy atom. The topological polar surface area (TPSA) is 119 Å².